The third-order valence-corrected chi connectivity index (χ3v) is 1.16. The van der Waals surface area contributed by atoms with Crippen LogP contribution in [0.2, 0.25) is 0 Å². The lowest BCUT2D eigenvalue weighted by molar-refractivity contribution is 0.501. The molecule has 0 heterocycles. The van der Waals surface area contributed by atoms with Gasteiger partial charge in [0.1, 0.15) is 6.33 Å². The first-order valence-corrected chi connectivity index (χ1v) is 2.51. The highest BCUT2D eigenvalue weighted by atomic mass is 19.2. The van der Waals surface area contributed by atoms with Crippen molar-refractivity contribution < 1.29 is 22.0 Å². The van der Waals surface area contributed by atoms with Gasteiger partial charge in [-0.1, -0.05) is 0 Å². The van der Waals surface area contributed by atoms with E-state index in [1.807, 2.05) is 0 Å². The van der Waals surface area contributed by atoms with E-state index in [1.54, 1.807) is 0 Å². The largest absolute Gasteiger partial charge is 0.215 e. The normalized spacial score (nSPS) is 18.5. The molecule has 0 nitrogen and oxygen atoms in total. The van der Waals surface area contributed by atoms with Crippen molar-refractivity contribution in [1.29, 1.82) is 0 Å². The molecule has 11 heavy (non-hydrogen) atoms. The molecule has 0 atom stereocenters. The maximum absolute atomic E-state index is 12.2. The molecule has 0 amide bonds. The zero-order valence-electron chi connectivity index (χ0n) is 4.97. The molecule has 1 aliphatic rings. The summed E-state index contributed by atoms with van der Waals surface area (Å²) in [5, 5.41) is 0. The van der Waals surface area contributed by atoms with Crippen LogP contribution in [0.15, 0.2) is 35.2 Å². The molecular formula is C6HF5. The summed E-state index contributed by atoms with van der Waals surface area (Å²) in [5.41, 5.74) is -1.32. The topological polar surface area (TPSA) is 0 Å². The predicted octanol–water partition coefficient (Wildman–Crippen LogP) is 3.15. The molecule has 0 bridgehead atoms. The Morgan fingerprint density at radius 1 is 0.727 bits per heavy atom. The summed E-state index contributed by atoms with van der Waals surface area (Å²) in [6.07, 6.45) is -0.531. The fraction of sp³-hybridized carbons (Fsp3) is 0. The van der Waals surface area contributed by atoms with Gasteiger partial charge >= 0.3 is 0 Å². The van der Waals surface area contributed by atoms with Crippen LogP contribution in [-0.4, -0.2) is 0 Å². The van der Waals surface area contributed by atoms with Crippen molar-refractivity contribution in [2.75, 3.05) is 0 Å². The minimum Gasteiger partial charge on any atom is -0.215 e. The molecule has 60 valence electrons. The second-order valence-corrected chi connectivity index (χ2v) is 1.78. The molecule has 0 saturated heterocycles. The molecule has 0 aliphatic heterocycles. The van der Waals surface area contributed by atoms with Gasteiger partial charge in [0.2, 0.25) is 0 Å². The Kier molecular flexibility index (Phi) is 1.80. The van der Waals surface area contributed by atoms with Crippen molar-refractivity contribution in [2.24, 2.45) is 0 Å². The number of hydrogen-bond donors (Lipinski definition) is 0. The van der Waals surface area contributed by atoms with E-state index >= 15 is 0 Å². The van der Waals surface area contributed by atoms with Gasteiger partial charge in [-0.2, -0.15) is 0 Å². The van der Waals surface area contributed by atoms with Crippen LogP contribution in [0.3, 0.4) is 0 Å². The molecule has 1 aliphatic carbocycles. The smallest absolute Gasteiger partial charge is 0.198 e. The predicted molar refractivity (Wildman–Crippen MR) is 27.7 cm³/mol. The second kappa shape index (κ2) is 2.48. The summed E-state index contributed by atoms with van der Waals surface area (Å²) < 4.78 is 59.9. The third-order valence-electron chi connectivity index (χ3n) is 1.16. The van der Waals surface area contributed by atoms with E-state index in [0.717, 1.165) is 0 Å². The number of rotatable bonds is 0. The van der Waals surface area contributed by atoms with Crippen LogP contribution in [0.25, 0.3) is 0 Å². The summed E-state index contributed by atoms with van der Waals surface area (Å²) in [7, 11) is 0. The molecule has 0 aromatic heterocycles. The van der Waals surface area contributed by atoms with Crippen molar-refractivity contribution >= 4 is 0 Å². The van der Waals surface area contributed by atoms with Crippen molar-refractivity contribution in [3.63, 3.8) is 0 Å². The van der Waals surface area contributed by atoms with Crippen molar-refractivity contribution in [1.82, 2.24) is 0 Å². The van der Waals surface area contributed by atoms with Gasteiger partial charge in [-0.3, -0.25) is 0 Å². The highest BCUT2D eigenvalue weighted by molar-refractivity contribution is 5.53. The van der Waals surface area contributed by atoms with Gasteiger partial charge < -0.3 is 0 Å². The molecule has 1 rings (SSSR count). The Bertz CT molecular complexity index is 257. The lowest BCUT2D eigenvalue weighted by Crippen LogP contribution is -1.77. The van der Waals surface area contributed by atoms with Crippen LogP contribution in [0.5, 0.6) is 0 Å². The van der Waals surface area contributed by atoms with Crippen LogP contribution in [0, 0.1) is 0 Å². The average molecular weight is 168 g/mol. The molecular weight excluding hydrogens is 167 g/mol. The van der Waals surface area contributed by atoms with Gasteiger partial charge in [-0.15, -0.1) is 0 Å². The number of halogens is 5. The van der Waals surface area contributed by atoms with Gasteiger partial charge in [0, 0.05) is 0 Å². The Balaban J connectivity index is 3.26. The van der Waals surface area contributed by atoms with Crippen LogP contribution in [-0.2, 0) is 0 Å². The van der Waals surface area contributed by atoms with E-state index in [1.165, 1.54) is 0 Å². The van der Waals surface area contributed by atoms with Gasteiger partial charge in [-0.05, 0) is 0 Å². The van der Waals surface area contributed by atoms with E-state index in [-0.39, 0.29) is 0 Å². The zero-order chi connectivity index (χ0) is 8.59. The van der Waals surface area contributed by atoms with Crippen LogP contribution < -0.4 is 0 Å². The summed E-state index contributed by atoms with van der Waals surface area (Å²) in [4.78, 5) is 0. The van der Waals surface area contributed by atoms with Gasteiger partial charge in [0.25, 0.3) is 0 Å². The SMILES string of the molecule is FC=C1C(F)=C(F)C(F)=C1F. The molecule has 0 unspecified atom stereocenters. The van der Waals surface area contributed by atoms with E-state index in [2.05, 4.69) is 0 Å². The highest BCUT2D eigenvalue weighted by Crippen LogP contribution is 2.39. The Labute approximate surface area is 58.3 Å². The van der Waals surface area contributed by atoms with Crippen LogP contribution in [0.1, 0.15) is 0 Å². The average Bonchev–Trinajstić information content (AvgIpc) is 2.17. The molecule has 0 N–H and O–H groups in total. The van der Waals surface area contributed by atoms with Crippen molar-refractivity contribution in [2.45, 2.75) is 0 Å². The fourth-order valence-electron chi connectivity index (χ4n) is 0.621. The Hall–Kier alpha value is -1.13. The maximum atomic E-state index is 12.2. The minimum absolute atomic E-state index is 0.531. The van der Waals surface area contributed by atoms with E-state index < -0.39 is 35.2 Å². The minimum atomic E-state index is -1.99. The lowest BCUT2D eigenvalue weighted by Gasteiger charge is -1.88. The van der Waals surface area contributed by atoms with Gasteiger partial charge in [0.05, 0.1) is 5.57 Å². The summed E-state index contributed by atoms with van der Waals surface area (Å²) in [6.45, 7) is 0. The molecule has 0 spiro atoms. The number of allylic oxidation sites excluding steroid dienone is 5. The first-order valence-electron chi connectivity index (χ1n) is 2.51. The summed E-state index contributed by atoms with van der Waals surface area (Å²) >= 11 is 0. The highest BCUT2D eigenvalue weighted by Gasteiger charge is 2.31. The van der Waals surface area contributed by atoms with E-state index in [9.17, 15) is 22.0 Å². The second-order valence-electron chi connectivity index (χ2n) is 1.78. The summed E-state index contributed by atoms with van der Waals surface area (Å²) in [6, 6.07) is 0. The first kappa shape index (κ1) is 7.97. The standard InChI is InChI=1S/C6HF5/c7-1-2-3(8)5(10)6(11)4(2)9/h1H. The fourth-order valence-corrected chi connectivity index (χ4v) is 0.621. The van der Waals surface area contributed by atoms with Gasteiger partial charge in [-0.25, -0.2) is 22.0 Å². The molecule has 0 radical (unpaired) electrons. The van der Waals surface area contributed by atoms with E-state index in [0.29, 0.717) is 0 Å². The van der Waals surface area contributed by atoms with Crippen LogP contribution >= 0.6 is 0 Å². The Morgan fingerprint density at radius 2 is 1.09 bits per heavy atom. The molecule has 0 saturated carbocycles. The zero-order valence-corrected chi connectivity index (χ0v) is 4.97. The molecule has 5 heteroatoms. The van der Waals surface area contributed by atoms with Gasteiger partial charge in [0.15, 0.2) is 23.3 Å². The summed E-state index contributed by atoms with van der Waals surface area (Å²) in [5.74, 6) is -7.68. The third kappa shape index (κ3) is 0.961. The molecule has 0 fully saturated rings. The van der Waals surface area contributed by atoms with Crippen molar-refractivity contribution in [3.8, 4) is 0 Å². The number of hydrogen-bond acceptors (Lipinski definition) is 0. The Morgan fingerprint density at radius 3 is 1.27 bits per heavy atom. The quantitative estimate of drug-likeness (QED) is 0.487. The lowest BCUT2D eigenvalue weighted by atomic mass is 10.3. The monoisotopic (exact) mass is 168 g/mol. The molecule has 0 aromatic carbocycles. The molecule has 0 aromatic rings. The van der Waals surface area contributed by atoms with Crippen LogP contribution in [0.4, 0.5) is 22.0 Å². The maximum Gasteiger partial charge on any atom is 0.198 e. The van der Waals surface area contributed by atoms with E-state index in [4.69, 9.17) is 0 Å². The van der Waals surface area contributed by atoms with Crippen molar-refractivity contribution in [3.05, 3.63) is 35.2 Å². The first-order chi connectivity index (χ1) is 5.09.